The average Bonchev–Trinajstić information content (AvgIpc) is 3.06. The third-order valence-corrected chi connectivity index (χ3v) is 4.22. The summed E-state index contributed by atoms with van der Waals surface area (Å²) in [5, 5.41) is 10.00. The lowest BCUT2D eigenvalue weighted by molar-refractivity contribution is 0.571. The molecule has 1 heterocycles. The number of thiazole rings is 1. The maximum Gasteiger partial charge on any atom is 0.191 e. The van der Waals surface area contributed by atoms with Crippen LogP contribution in [0.25, 0.3) is 0 Å². The van der Waals surface area contributed by atoms with Crippen LogP contribution in [0.2, 0.25) is 0 Å². The highest BCUT2D eigenvalue weighted by molar-refractivity contribution is 14.0. The van der Waals surface area contributed by atoms with Gasteiger partial charge in [-0.1, -0.05) is 32.9 Å². The van der Waals surface area contributed by atoms with E-state index >= 15 is 0 Å². The highest BCUT2D eigenvalue weighted by Crippen LogP contribution is 2.24. The van der Waals surface area contributed by atoms with Gasteiger partial charge >= 0.3 is 0 Å². The molecule has 0 spiro atoms. The molecule has 1 aliphatic rings. The molecule has 0 saturated heterocycles. The average molecular weight is 434 g/mol. The Morgan fingerprint density at radius 1 is 1.36 bits per heavy atom. The van der Waals surface area contributed by atoms with Crippen molar-refractivity contribution in [1.29, 1.82) is 0 Å². The molecule has 1 aliphatic carbocycles. The van der Waals surface area contributed by atoms with Crippen LogP contribution in [0.4, 0.5) is 0 Å². The molecule has 0 radical (unpaired) electrons. The molecule has 0 saturated carbocycles. The van der Waals surface area contributed by atoms with E-state index in [1.165, 1.54) is 0 Å². The van der Waals surface area contributed by atoms with Crippen molar-refractivity contribution >= 4 is 41.3 Å². The van der Waals surface area contributed by atoms with Crippen LogP contribution in [-0.2, 0) is 12.0 Å². The lowest BCUT2D eigenvalue weighted by Crippen LogP contribution is -2.42. The quantitative estimate of drug-likeness (QED) is 0.328. The van der Waals surface area contributed by atoms with Gasteiger partial charge in [0.15, 0.2) is 5.96 Å². The van der Waals surface area contributed by atoms with Gasteiger partial charge in [0.1, 0.15) is 5.01 Å². The molecule has 6 heteroatoms. The van der Waals surface area contributed by atoms with Gasteiger partial charge in [-0.2, -0.15) is 0 Å². The van der Waals surface area contributed by atoms with Crippen LogP contribution in [0.15, 0.2) is 22.5 Å². The van der Waals surface area contributed by atoms with Gasteiger partial charge in [-0.25, -0.2) is 9.98 Å². The van der Waals surface area contributed by atoms with E-state index in [1.807, 2.05) is 0 Å². The molecule has 0 aliphatic heterocycles. The van der Waals surface area contributed by atoms with Crippen LogP contribution in [0.1, 0.15) is 51.2 Å². The number of aliphatic imine (C=N–C) groups is 1. The maximum absolute atomic E-state index is 4.69. The first-order valence-corrected chi connectivity index (χ1v) is 8.51. The SMILES string of the molecule is CCNC(=NCc1nc(C(C)(C)C)cs1)NC1CC=CC1.I. The molecule has 4 nitrogen and oxygen atoms in total. The molecule has 0 fully saturated rings. The maximum atomic E-state index is 4.69. The predicted molar refractivity (Wildman–Crippen MR) is 106 cm³/mol. The number of nitrogens with one attached hydrogen (secondary N) is 2. The van der Waals surface area contributed by atoms with Crippen LogP contribution in [0.5, 0.6) is 0 Å². The molecule has 0 unspecified atom stereocenters. The fourth-order valence-electron chi connectivity index (χ4n) is 2.12. The molecule has 0 bridgehead atoms. The molecule has 1 aromatic heterocycles. The highest BCUT2D eigenvalue weighted by Gasteiger charge is 2.17. The molecule has 1 aromatic rings. The Hall–Kier alpha value is -0.630. The largest absolute Gasteiger partial charge is 0.357 e. The minimum atomic E-state index is 0. The van der Waals surface area contributed by atoms with Gasteiger partial charge in [0, 0.05) is 23.4 Å². The molecular weight excluding hydrogens is 407 g/mol. The van der Waals surface area contributed by atoms with Crippen LogP contribution >= 0.6 is 35.3 Å². The molecule has 0 atom stereocenters. The van der Waals surface area contributed by atoms with E-state index in [0.717, 1.165) is 36.0 Å². The van der Waals surface area contributed by atoms with Gasteiger partial charge in [-0.05, 0) is 19.8 Å². The number of hydrogen-bond donors (Lipinski definition) is 2. The van der Waals surface area contributed by atoms with E-state index in [2.05, 4.69) is 65.8 Å². The fraction of sp³-hybridized carbons (Fsp3) is 0.625. The zero-order chi connectivity index (χ0) is 15.3. The zero-order valence-electron chi connectivity index (χ0n) is 13.8. The summed E-state index contributed by atoms with van der Waals surface area (Å²) in [4.78, 5) is 9.35. The Balaban J connectivity index is 0.00000242. The van der Waals surface area contributed by atoms with Gasteiger partial charge in [-0.3, -0.25) is 0 Å². The van der Waals surface area contributed by atoms with E-state index < -0.39 is 0 Å². The Bertz CT molecular complexity index is 508. The van der Waals surface area contributed by atoms with E-state index in [-0.39, 0.29) is 29.4 Å². The van der Waals surface area contributed by atoms with E-state index in [9.17, 15) is 0 Å². The van der Waals surface area contributed by atoms with Crippen LogP contribution in [-0.4, -0.2) is 23.5 Å². The van der Waals surface area contributed by atoms with Crippen LogP contribution < -0.4 is 10.6 Å². The molecule has 0 aromatic carbocycles. The highest BCUT2D eigenvalue weighted by atomic mass is 127. The third kappa shape index (κ3) is 5.87. The minimum absolute atomic E-state index is 0. The van der Waals surface area contributed by atoms with Gasteiger partial charge in [0.05, 0.1) is 12.2 Å². The van der Waals surface area contributed by atoms with Crippen LogP contribution in [0, 0.1) is 0 Å². The second-order valence-electron chi connectivity index (χ2n) is 6.36. The normalized spacial score (nSPS) is 15.7. The molecule has 2 rings (SSSR count). The smallest absolute Gasteiger partial charge is 0.191 e. The van der Waals surface area contributed by atoms with Crippen LogP contribution in [0.3, 0.4) is 0 Å². The summed E-state index contributed by atoms with van der Waals surface area (Å²) >= 11 is 1.69. The Kier molecular flexibility index (Phi) is 7.82. The van der Waals surface area contributed by atoms with Crippen molar-refractivity contribution in [1.82, 2.24) is 15.6 Å². The summed E-state index contributed by atoms with van der Waals surface area (Å²) in [6.45, 7) is 10.2. The first-order chi connectivity index (χ1) is 9.99. The van der Waals surface area contributed by atoms with Crippen molar-refractivity contribution in [2.75, 3.05) is 6.54 Å². The number of aromatic nitrogens is 1. The van der Waals surface area contributed by atoms with Gasteiger partial charge < -0.3 is 10.6 Å². The summed E-state index contributed by atoms with van der Waals surface area (Å²) in [5.41, 5.74) is 1.26. The molecule has 124 valence electrons. The number of nitrogens with zero attached hydrogens (tertiary/aromatic N) is 2. The zero-order valence-corrected chi connectivity index (χ0v) is 17.0. The van der Waals surface area contributed by atoms with Crippen molar-refractivity contribution in [2.45, 2.75) is 58.5 Å². The van der Waals surface area contributed by atoms with E-state index in [1.54, 1.807) is 11.3 Å². The Labute approximate surface area is 154 Å². The topological polar surface area (TPSA) is 49.3 Å². The second-order valence-corrected chi connectivity index (χ2v) is 7.30. The number of halogens is 1. The van der Waals surface area contributed by atoms with Crippen molar-refractivity contribution in [3.63, 3.8) is 0 Å². The van der Waals surface area contributed by atoms with Gasteiger partial charge in [-0.15, -0.1) is 35.3 Å². The summed E-state index contributed by atoms with van der Waals surface area (Å²) < 4.78 is 0. The third-order valence-electron chi connectivity index (χ3n) is 3.39. The van der Waals surface area contributed by atoms with E-state index in [0.29, 0.717) is 12.6 Å². The van der Waals surface area contributed by atoms with Crippen molar-refractivity contribution in [3.8, 4) is 0 Å². The lowest BCUT2D eigenvalue weighted by Gasteiger charge is -2.16. The van der Waals surface area contributed by atoms with Crippen molar-refractivity contribution < 1.29 is 0 Å². The number of guanidine groups is 1. The van der Waals surface area contributed by atoms with Gasteiger partial charge in [0.25, 0.3) is 0 Å². The lowest BCUT2D eigenvalue weighted by atomic mass is 9.93. The van der Waals surface area contributed by atoms with Gasteiger partial charge in [0.2, 0.25) is 0 Å². The summed E-state index contributed by atoms with van der Waals surface area (Å²) in [7, 11) is 0. The van der Waals surface area contributed by atoms with E-state index in [4.69, 9.17) is 0 Å². The van der Waals surface area contributed by atoms with Crippen molar-refractivity contribution in [3.05, 3.63) is 28.2 Å². The summed E-state index contributed by atoms with van der Waals surface area (Å²) in [6, 6.07) is 0.476. The first kappa shape index (κ1) is 19.4. The standard InChI is InChI=1S/C16H26N4S.HI/c1-5-17-15(19-12-8-6-7-9-12)18-10-14-20-13(11-21-14)16(2,3)4;/h6-7,11-12H,5,8-10H2,1-4H3,(H2,17,18,19);1H. The Morgan fingerprint density at radius 2 is 2.05 bits per heavy atom. The molecule has 22 heavy (non-hydrogen) atoms. The van der Waals surface area contributed by atoms with Crippen molar-refractivity contribution in [2.24, 2.45) is 4.99 Å². The molecule has 0 amide bonds. The summed E-state index contributed by atoms with van der Waals surface area (Å²) in [6.07, 6.45) is 6.60. The summed E-state index contributed by atoms with van der Waals surface area (Å²) in [5.74, 6) is 0.888. The fourth-order valence-corrected chi connectivity index (χ4v) is 3.07. The number of rotatable bonds is 4. The molecular formula is C16H27IN4S. The Morgan fingerprint density at radius 3 is 2.59 bits per heavy atom. The minimum Gasteiger partial charge on any atom is -0.357 e. The first-order valence-electron chi connectivity index (χ1n) is 7.63. The second kappa shape index (κ2) is 8.86. The monoisotopic (exact) mass is 434 g/mol. The predicted octanol–water partition coefficient (Wildman–Crippen LogP) is 3.83. The molecule has 2 N–H and O–H groups in total. The number of hydrogen-bond acceptors (Lipinski definition) is 3.